The Bertz CT molecular complexity index is 640. The van der Waals surface area contributed by atoms with Gasteiger partial charge in [-0.25, -0.2) is 0 Å². The number of rotatable bonds is 4. The number of nitrogens with zero attached hydrogens (tertiary/aromatic N) is 1. The zero-order valence-corrected chi connectivity index (χ0v) is 13.5. The van der Waals surface area contributed by atoms with Gasteiger partial charge in [-0.1, -0.05) is 11.6 Å². The number of methoxy groups -OCH3 is 1. The number of aryl methyl sites for hydroxylation is 1. The molecule has 0 aliphatic heterocycles. The van der Waals surface area contributed by atoms with Gasteiger partial charge in [-0.2, -0.15) is 0 Å². The predicted molar refractivity (Wildman–Crippen MR) is 83.8 cm³/mol. The highest BCUT2D eigenvalue weighted by molar-refractivity contribution is 9.10. The number of anilines is 1. The molecule has 1 amide bonds. The number of aromatic nitrogens is 1. The fraction of sp³-hybridized carbons (Fsp3) is 0.214. The maximum atomic E-state index is 12.3. The van der Waals surface area contributed by atoms with Gasteiger partial charge in [0.2, 0.25) is 0 Å². The molecule has 0 atom stereocenters. The van der Waals surface area contributed by atoms with Gasteiger partial charge in [-0.05, 0) is 41.1 Å². The smallest absolute Gasteiger partial charge is 0.272 e. The zero-order valence-electron chi connectivity index (χ0n) is 11.1. The summed E-state index contributed by atoms with van der Waals surface area (Å²) in [5.74, 6) is 0.421. The van der Waals surface area contributed by atoms with Crippen molar-refractivity contribution in [2.45, 2.75) is 13.5 Å². The molecule has 0 unspecified atom stereocenters. The molecule has 0 radical (unpaired) electrons. The van der Waals surface area contributed by atoms with E-state index in [1.165, 1.54) is 0 Å². The van der Waals surface area contributed by atoms with E-state index in [1.54, 1.807) is 31.4 Å². The number of hydrogen-bond acceptors (Lipinski definition) is 2. The van der Waals surface area contributed by atoms with Gasteiger partial charge in [0.15, 0.2) is 0 Å². The third-order valence-corrected chi connectivity index (χ3v) is 3.62. The lowest BCUT2D eigenvalue weighted by Crippen LogP contribution is -2.16. The number of carbonyl (C=O) groups is 1. The Labute approximate surface area is 130 Å². The zero-order chi connectivity index (χ0) is 14.7. The molecular formula is C14H14BrClN2O2. The molecule has 0 spiro atoms. The Morgan fingerprint density at radius 2 is 2.20 bits per heavy atom. The summed E-state index contributed by atoms with van der Waals surface area (Å²) in [5, 5.41) is 3.26. The minimum atomic E-state index is -0.215. The fourth-order valence-electron chi connectivity index (χ4n) is 1.84. The molecule has 1 N–H and O–H groups in total. The Hall–Kier alpha value is -1.46. The Kier molecular flexibility index (Phi) is 4.73. The van der Waals surface area contributed by atoms with Gasteiger partial charge >= 0.3 is 0 Å². The van der Waals surface area contributed by atoms with Crippen molar-refractivity contribution >= 4 is 39.1 Å². The quantitative estimate of drug-likeness (QED) is 0.892. The van der Waals surface area contributed by atoms with Crippen LogP contribution in [0.5, 0.6) is 5.75 Å². The molecule has 1 heterocycles. The summed E-state index contributed by atoms with van der Waals surface area (Å²) >= 11 is 9.45. The molecule has 4 nitrogen and oxygen atoms in total. The summed E-state index contributed by atoms with van der Waals surface area (Å²) in [6.07, 6.45) is 1.86. The molecule has 0 aliphatic carbocycles. The third-order valence-electron chi connectivity index (χ3n) is 2.86. The first-order valence-electron chi connectivity index (χ1n) is 6.05. The molecule has 0 saturated heterocycles. The van der Waals surface area contributed by atoms with Crippen LogP contribution in [0.1, 0.15) is 17.4 Å². The molecule has 1 aromatic heterocycles. The van der Waals surface area contributed by atoms with Gasteiger partial charge in [0.05, 0.1) is 17.8 Å². The van der Waals surface area contributed by atoms with E-state index in [0.717, 1.165) is 4.47 Å². The molecule has 0 saturated carbocycles. The second-order valence-electron chi connectivity index (χ2n) is 4.13. The Morgan fingerprint density at radius 1 is 1.45 bits per heavy atom. The van der Waals surface area contributed by atoms with E-state index < -0.39 is 0 Å². The van der Waals surface area contributed by atoms with E-state index in [2.05, 4.69) is 21.2 Å². The normalized spacial score (nSPS) is 10.4. The molecule has 6 heteroatoms. The van der Waals surface area contributed by atoms with Crippen molar-refractivity contribution in [2.75, 3.05) is 12.4 Å². The summed E-state index contributed by atoms with van der Waals surface area (Å²) in [6.45, 7) is 2.68. The lowest BCUT2D eigenvalue weighted by atomic mass is 10.3. The summed E-state index contributed by atoms with van der Waals surface area (Å²) < 4.78 is 7.84. The highest BCUT2D eigenvalue weighted by atomic mass is 79.9. The average Bonchev–Trinajstić information content (AvgIpc) is 2.82. The SMILES string of the molecule is CCn1cc(Br)cc1C(=O)Nc1cc(OC)ccc1Cl. The summed E-state index contributed by atoms with van der Waals surface area (Å²) in [5.41, 5.74) is 1.09. The fourth-order valence-corrected chi connectivity index (χ4v) is 2.47. The molecule has 1 aromatic carbocycles. The highest BCUT2D eigenvalue weighted by Gasteiger charge is 2.14. The van der Waals surface area contributed by atoms with Crippen LogP contribution in [0.15, 0.2) is 34.9 Å². The molecule has 0 bridgehead atoms. The maximum absolute atomic E-state index is 12.3. The Morgan fingerprint density at radius 3 is 2.85 bits per heavy atom. The van der Waals surface area contributed by atoms with Gasteiger partial charge < -0.3 is 14.6 Å². The van der Waals surface area contributed by atoms with Crippen molar-refractivity contribution in [1.29, 1.82) is 0 Å². The van der Waals surface area contributed by atoms with Crippen LogP contribution in [0, 0.1) is 0 Å². The van der Waals surface area contributed by atoms with E-state index in [-0.39, 0.29) is 5.91 Å². The van der Waals surface area contributed by atoms with Gasteiger partial charge in [-0.15, -0.1) is 0 Å². The molecule has 20 heavy (non-hydrogen) atoms. The predicted octanol–water partition coefficient (Wildman–Crippen LogP) is 4.18. The number of benzene rings is 1. The average molecular weight is 358 g/mol. The topological polar surface area (TPSA) is 43.3 Å². The molecule has 0 aliphatic rings. The van der Waals surface area contributed by atoms with Crippen molar-refractivity contribution in [3.63, 3.8) is 0 Å². The van der Waals surface area contributed by atoms with E-state index >= 15 is 0 Å². The van der Waals surface area contributed by atoms with E-state index in [9.17, 15) is 4.79 Å². The minimum absolute atomic E-state index is 0.215. The molecule has 106 valence electrons. The Balaban J connectivity index is 2.27. The number of halogens is 2. The van der Waals surface area contributed by atoms with Gasteiger partial charge in [0.25, 0.3) is 5.91 Å². The third kappa shape index (κ3) is 3.16. The van der Waals surface area contributed by atoms with Crippen molar-refractivity contribution in [1.82, 2.24) is 4.57 Å². The monoisotopic (exact) mass is 356 g/mol. The van der Waals surface area contributed by atoms with Crippen LogP contribution in [0.25, 0.3) is 0 Å². The van der Waals surface area contributed by atoms with Crippen LogP contribution in [-0.2, 0) is 6.54 Å². The largest absolute Gasteiger partial charge is 0.497 e. The standard InChI is InChI=1S/C14H14BrClN2O2/c1-3-18-8-9(15)6-13(18)14(19)17-12-7-10(20-2)4-5-11(12)16/h4-8H,3H2,1-2H3,(H,17,19). The first kappa shape index (κ1) is 14.9. The van der Waals surface area contributed by atoms with Gasteiger partial charge in [0, 0.05) is 23.3 Å². The number of ether oxygens (including phenoxy) is 1. The van der Waals surface area contributed by atoms with Crippen molar-refractivity contribution in [3.05, 3.63) is 45.7 Å². The lowest BCUT2D eigenvalue weighted by molar-refractivity contribution is 0.101. The van der Waals surface area contributed by atoms with Crippen LogP contribution in [0.4, 0.5) is 5.69 Å². The van der Waals surface area contributed by atoms with Crippen molar-refractivity contribution < 1.29 is 9.53 Å². The second kappa shape index (κ2) is 6.33. The molecule has 2 rings (SSSR count). The summed E-state index contributed by atoms with van der Waals surface area (Å²) in [6, 6.07) is 6.88. The lowest BCUT2D eigenvalue weighted by Gasteiger charge is -2.10. The van der Waals surface area contributed by atoms with Gasteiger partial charge in [0.1, 0.15) is 11.4 Å². The van der Waals surface area contributed by atoms with E-state index in [4.69, 9.17) is 16.3 Å². The van der Waals surface area contributed by atoms with Crippen LogP contribution < -0.4 is 10.1 Å². The first-order valence-corrected chi connectivity index (χ1v) is 7.22. The van der Waals surface area contributed by atoms with Crippen molar-refractivity contribution in [3.8, 4) is 5.75 Å². The van der Waals surface area contributed by atoms with Crippen LogP contribution in [-0.4, -0.2) is 17.6 Å². The molecule has 0 fully saturated rings. The van der Waals surface area contributed by atoms with Crippen LogP contribution >= 0.6 is 27.5 Å². The summed E-state index contributed by atoms with van der Waals surface area (Å²) in [4.78, 5) is 12.3. The van der Waals surface area contributed by atoms with Crippen LogP contribution in [0.3, 0.4) is 0 Å². The highest BCUT2D eigenvalue weighted by Crippen LogP contribution is 2.27. The number of hydrogen-bond donors (Lipinski definition) is 1. The minimum Gasteiger partial charge on any atom is -0.497 e. The van der Waals surface area contributed by atoms with Crippen molar-refractivity contribution in [2.24, 2.45) is 0 Å². The second-order valence-corrected chi connectivity index (χ2v) is 5.45. The number of nitrogens with one attached hydrogen (secondary N) is 1. The molecular weight excluding hydrogens is 344 g/mol. The van der Waals surface area contributed by atoms with Gasteiger partial charge in [-0.3, -0.25) is 4.79 Å². The van der Waals surface area contributed by atoms with E-state index in [0.29, 0.717) is 28.7 Å². The van der Waals surface area contributed by atoms with E-state index in [1.807, 2.05) is 17.7 Å². The molecule has 2 aromatic rings. The van der Waals surface area contributed by atoms with Crippen LogP contribution in [0.2, 0.25) is 5.02 Å². The number of carbonyl (C=O) groups excluding carboxylic acids is 1. The first-order chi connectivity index (χ1) is 9.55. The summed E-state index contributed by atoms with van der Waals surface area (Å²) in [7, 11) is 1.56. The number of amides is 1. The maximum Gasteiger partial charge on any atom is 0.272 e.